The van der Waals surface area contributed by atoms with E-state index in [1.165, 1.54) is 18.2 Å². The van der Waals surface area contributed by atoms with Crippen molar-refractivity contribution in [2.24, 2.45) is 5.92 Å². The SMILES string of the molecule is COCC1CCCN(c2cc(C(=O)O)ccc2[N+](=O)[O-])C1. The summed E-state index contributed by atoms with van der Waals surface area (Å²) in [5.74, 6) is -0.784. The van der Waals surface area contributed by atoms with Crippen molar-refractivity contribution < 1.29 is 19.6 Å². The largest absolute Gasteiger partial charge is 0.478 e. The first-order valence-electron chi connectivity index (χ1n) is 6.78. The number of benzene rings is 1. The molecule has 114 valence electrons. The fraction of sp³-hybridized carbons (Fsp3) is 0.500. The van der Waals surface area contributed by atoms with Crippen LogP contribution in [0.3, 0.4) is 0 Å². The Morgan fingerprint density at radius 2 is 2.33 bits per heavy atom. The van der Waals surface area contributed by atoms with E-state index in [1.54, 1.807) is 7.11 Å². The number of hydrogen-bond donors (Lipinski definition) is 1. The van der Waals surface area contributed by atoms with Gasteiger partial charge in [-0.2, -0.15) is 0 Å². The second-order valence-corrected chi connectivity index (χ2v) is 5.18. The van der Waals surface area contributed by atoms with E-state index in [2.05, 4.69) is 0 Å². The molecule has 1 saturated heterocycles. The van der Waals surface area contributed by atoms with Crippen LogP contribution in [0, 0.1) is 16.0 Å². The molecule has 1 unspecified atom stereocenters. The quantitative estimate of drug-likeness (QED) is 0.660. The van der Waals surface area contributed by atoms with Crippen molar-refractivity contribution in [2.75, 3.05) is 31.7 Å². The van der Waals surface area contributed by atoms with Crippen LogP contribution in [-0.2, 0) is 4.74 Å². The summed E-state index contributed by atoms with van der Waals surface area (Å²) in [6, 6.07) is 3.91. The van der Waals surface area contributed by atoms with Gasteiger partial charge in [0, 0.05) is 26.3 Å². The number of hydrogen-bond acceptors (Lipinski definition) is 5. The molecule has 1 aromatic rings. The van der Waals surface area contributed by atoms with Gasteiger partial charge in [-0.25, -0.2) is 4.79 Å². The average molecular weight is 294 g/mol. The van der Waals surface area contributed by atoms with Gasteiger partial charge in [0.2, 0.25) is 0 Å². The molecule has 1 aliphatic heterocycles. The molecule has 0 saturated carbocycles. The van der Waals surface area contributed by atoms with E-state index in [-0.39, 0.29) is 11.3 Å². The molecule has 0 bridgehead atoms. The summed E-state index contributed by atoms with van der Waals surface area (Å²) in [7, 11) is 1.63. The van der Waals surface area contributed by atoms with Gasteiger partial charge in [-0.15, -0.1) is 0 Å². The maximum Gasteiger partial charge on any atom is 0.335 e. The van der Waals surface area contributed by atoms with E-state index in [0.29, 0.717) is 31.3 Å². The molecule has 7 nitrogen and oxygen atoms in total. The molecule has 7 heteroatoms. The zero-order chi connectivity index (χ0) is 15.4. The molecular weight excluding hydrogens is 276 g/mol. The van der Waals surface area contributed by atoms with Gasteiger partial charge in [-0.05, 0) is 30.9 Å². The van der Waals surface area contributed by atoms with Crippen LogP contribution in [0.1, 0.15) is 23.2 Å². The molecule has 1 atom stereocenters. The fourth-order valence-corrected chi connectivity index (χ4v) is 2.72. The van der Waals surface area contributed by atoms with E-state index >= 15 is 0 Å². The van der Waals surface area contributed by atoms with Gasteiger partial charge < -0.3 is 14.7 Å². The lowest BCUT2D eigenvalue weighted by atomic mass is 9.98. The van der Waals surface area contributed by atoms with Crippen LogP contribution in [-0.4, -0.2) is 42.8 Å². The first kappa shape index (κ1) is 15.2. The summed E-state index contributed by atoms with van der Waals surface area (Å²) in [6.45, 7) is 1.92. The lowest BCUT2D eigenvalue weighted by Crippen LogP contribution is -2.37. The Bertz CT molecular complexity index is 544. The van der Waals surface area contributed by atoms with E-state index < -0.39 is 10.9 Å². The molecule has 2 rings (SSSR count). The van der Waals surface area contributed by atoms with Crippen molar-refractivity contribution >= 4 is 17.3 Å². The highest BCUT2D eigenvalue weighted by Gasteiger charge is 2.26. The van der Waals surface area contributed by atoms with Crippen molar-refractivity contribution in [1.29, 1.82) is 0 Å². The molecule has 1 fully saturated rings. The summed E-state index contributed by atoms with van der Waals surface area (Å²) in [5.41, 5.74) is 0.378. The maximum absolute atomic E-state index is 11.2. The highest BCUT2D eigenvalue weighted by Crippen LogP contribution is 2.32. The highest BCUT2D eigenvalue weighted by molar-refractivity contribution is 5.90. The van der Waals surface area contributed by atoms with E-state index in [0.717, 1.165) is 12.8 Å². The summed E-state index contributed by atoms with van der Waals surface area (Å²) < 4.78 is 5.15. The van der Waals surface area contributed by atoms with Gasteiger partial charge in [0.05, 0.1) is 17.1 Å². The molecule has 21 heavy (non-hydrogen) atoms. The van der Waals surface area contributed by atoms with Gasteiger partial charge in [0.1, 0.15) is 5.69 Å². The van der Waals surface area contributed by atoms with E-state index in [9.17, 15) is 14.9 Å². The summed E-state index contributed by atoms with van der Waals surface area (Å²) in [6.07, 6.45) is 1.92. The predicted octanol–water partition coefficient (Wildman–Crippen LogP) is 2.16. The zero-order valence-electron chi connectivity index (χ0n) is 11.8. The van der Waals surface area contributed by atoms with Gasteiger partial charge in [0.25, 0.3) is 5.69 Å². The number of carbonyl (C=O) groups is 1. The zero-order valence-corrected chi connectivity index (χ0v) is 11.8. The Kier molecular flexibility index (Phi) is 4.74. The average Bonchev–Trinajstić information content (AvgIpc) is 2.47. The minimum atomic E-state index is -1.09. The highest BCUT2D eigenvalue weighted by atomic mass is 16.6. The number of methoxy groups -OCH3 is 1. The molecule has 0 aliphatic carbocycles. The Morgan fingerprint density at radius 3 is 2.95 bits per heavy atom. The second-order valence-electron chi connectivity index (χ2n) is 5.18. The number of piperidine rings is 1. The van der Waals surface area contributed by atoms with Crippen molar-refractivity contribution in [3.05, 3.63) is 33.9 Å². The van der Waals surface area contributed by atoms with Crippen LogP contribution >= 0.6 is 0 Å². The normalized spacial score (nSPS) is 18.5. The monoisotopic (exact) mass is 294 g/mol. The van der Waals surface area contributed by atoms with E-state index in [4.69, 9.17) is 9.84 Å². The minimum absolute atomic E-state index is 0.0573. The van der Waals surface area contributed by atoms with Crippen LogP contribution < -0.4 is 4.90 Å². The smallest absolute Gasteiger partial charge is 0.335 e. The molecule has 0 aromatic heterocycles. The molecule has 1 heterocycles. The van der Waals surface area contributed by atoms with Crippen LogP contribution in [0.25, 0.3) is 0 Å². The number of ether oxygens (including phenoxy) is 1. The van der Waals surface area contributed by atoms with Crippen LogP contribution in [0.4, 0.5) is 11.4 Å². The first-order chi connectivity index (χ1) is 10.0. The number of aromatic carboxylic acids is 1. The lowest BCUT2D eigenvalue weighted by Gasteiger charge is -2.33. The Morgan fingerprint density at radius 1 is 1.57 bits per heavy atom. The number of carboxylic acids is 1. The Labute approximate surface area is 122 Å². The molecule has 1 N–H and O–H groups in total. The number of nitrogens with zero attached hydrogens (tertiary/aromatic N) is 2. The lowest BCUT2D eigenvalue weighted by molar-refractivity contribution is -0.384. The predicted molar refractivity (Wildman–Crippen MR) is 76.9 cm³/mol. The summed E-state index contributed by atoms with van der Waals surface area (Å²) in [5, 5.41) is 20.2. The fourth-order valence-electron chi connectivity index (χ4n) is 2.72. The topological polar surface area (TPSA) is 92.9 Å². The summed E-state index contributed by atoms with van der Waals surface area (Å²) in [4.78, 5) is 23.7. The second kappa shape index (κ2) is 6.53. The van der Waals surface area contributed by atoms with Gasteiger partial charge in [-0.3, -0.25) is 10.1 Å². The molecule has 0 radical (unpaired) electrons. The number of rotatable bonds is 5. The number of nitro benzene ring substituents is 1. The Balaban J connectivity index is 2.33. The van der Waals surface area contributed by atoms with Gasteiger partial charge in [0.15, 0.2) is 0 Å². The van der Waals surface area contributed by atoms with Gasteiger partial charge in [-0.1, -0.05) is 0 Å². The molecular formula is C14H18N2O5. The first-order valence-corrected chi connectivity index (χ1v) is 6.78. The molecule has 0 spiro atoms. The maximum atomic E-state index is 11.2. The van der Waals surface area contributed by atoms with Gasteiger partial charge >= 0.3 is 5.97 Å². The Hall–Kier alpha value is -2.15. The van der Waals surface area contributed by atoms with Crippen molar-refractivity contribution in [3.63, 3.8) is 0 Å². The van der Waals surface area contributed by atoms with Crippen LogP contribution in [0.15, 0.2) is 18.2 Å². The van der Waals surface area contributed by atoms with Crippen LogP contribution in [0.2, 0.25) is 0 Å². The van der Waals surface area contributed by atoms with E-state index in [1.807, 2.05) is 4.90 Å². The van der Waals surface area contributed by atoms with Crippen molar-refractivity contribution in [2.45, 2.75) is 12.8 Å². The minimum Gasteiger partial charge on any atom is -0.478 e. The molecule has 0 amide bonds. The molecule has 1 aliphatic rings. The third kappa shape index (κ3) is 3.49. The third-order valence-corrected chi connectivity index (χ3v) is 3.68. The number of anilines is 1. The third-order valence-electron chi connectivity index (χ3n) is 3.68. The summed E-state index contributed by atoms with van der Waals surface area (Å²) >= 11 is 0. The molecule has 1 aromatic carbocycles. The standard InChI is InChI=1S/C14H18N2O5/c1-21-9-10-3-2-6-15(8-10)13-7-11(14(17)18)4-5-12(13)16(19)20/h4-5,7,10H,2-3,6,8-9H2,1H3,(H,17,18). The number of carboxylic acid groups (broad SMARTS) is 1. The van der Waals surface area contributed by atoms with Crippen molar-refractivity contribution in [3.8, 4) is 0 Å². The van der Waals surface area contributed by atoms with Crippen LogP contribution in [0.5, 0.6) is 0 Å². The van der Waals surface area contributed by atoms with Crippen molar-refractivity contribution in [1.82, 2.24) is 0 Å². The number of nitro groups is 1.